The number of carbonyl (C=O) groups is 1. The number of aromatic nitrogens is 1. The van der Waals surface area contributed by atoms with Gasteiger partial charge in [-0.05, 0) is 35.6 Å². The van der Waals surface area contributed by atoms with E-state index < -0.39 is 0 Å². The molecule has 1 heterocycles. The van der Waals surface area contributed by atoms with Crippen molar-refractivity contribution in [2.75, 3.05) is 5.32 Å². The molecule has 0 saturated heterocycles. The number of hydrogen-bond donors (Lipinski definition) is 1. The van der Waals surface area contributed by atoms with Crippen molar-refractivity contribution in [3.05, 3.63) is 72.6 Å². The third-order valence-electron chi connectivity index (χ3n) is 3.45. The smallest absolute Gasteiger partial charge is 0.224 e. The van der Waals surface area contributed by atoms with Crippen LogP contribution >= 0.6 is 0 Å². The first kappa shape index (κ1) is 13.3. The van der Waals surface area contributed by atoms with E-state index in [9.17, 15) is 4.79 Å². The lowest BCUT2D eigenvalue weighted by Gasteiger charge is -2.08. The molecule has 0 fully saturated rings. The van der Waals surface area contributed by atoms with Crippen molar-refractivity contribution < 1.29 is 4.79 Å². The number of anilines is 1. The number of carbonyl (C=O) groups excluding carboxylic acids is 1. The highest BCUT2D eigenvalue weighted by Gasteiger charge is 2.05. The Morgan fingerprint density at radius 1 is 0.952 bits per heavy atom. The average molecular weight is 276 g/mol. The van der Waals surface area contributed by atoms with Crippen molar-refractivity contribution in [1.82, 2.24) is 4.98 Å². The second kappa shape index (κ2) is 6.18. The molecule has 0 aliphatic rings. The van der Waals surface area contributed by atoms with Crippen LogP contribution in [0.4, 0.5) is 5.69 Å². The molecule has 1 aromatic heterocycles. The van der Waals surface area contributed by atoms with E-state index in [1.165, 1.54) is 0 Å². The van der Waals surface area contributed by atoms with Gasteiger partial charge < -0.3 is 5.32 Å². The van der Waals surface area contributed by atoms with E-state index in [1.807, 2.05) is 54.6 Å². The number of aryl methyl sites for hydroxylation is 1. The quantitative estimate of drug-likeness (QED) is 0.787. The number of fused-ring (bicyclic) bond motifs is 1. The molecule has 0 saturated carbocycles. The van der Waals surface area contributed by atoms with Gasteiger partial charge in [-0.3, -0.25) is 9.78 Å². The van der Waals surface area contributed by atoms with Gasteiger partial charge in [0.1, 0.15) is 0 Å². The van der Waals surface area contributed by atoms with Crippen molar-refractivity contribution >= 4 is 22.4 Å². The predicted octanol–water partition coefficient (Wildman–Crippen LogP) is 3.81. The van der Waals surface area contributed by atoms with E-state index in [1.54, 1.807) is 12.4 Å². The van der Waals surface area contributed by atoms with Crippen LogP contribution in [0.25, 0.3) is 10.8 Å². The fourth-order valence-electron chi connectivity index (χ4n) is 2.35. The minimum atomic E-state index is 0.0307. The first-order valence-electron chi connectivity index (χ1n) is 6.99. The fraction of sp³-hybridized carbons (Fsp3) is 0.111. The molecule has 1 amide bonds. The summed E-state index contributed by atoms with van der Waals surface area (Å²) >= 11 is 0. The molecule has 0 aliphatic carbocycles. The molecule has 104 valence electrons. The summed E-state index contributed by atoms with van der Waals surface area (Å²) in [5.74, 6) is 0.0307. The third-order valence-corrected chi connectivity index (χ3v) is 3.45. The van der Waals surface area contributed by atoms with Crippen molar-refractivity contribution in [2.45, 2.75) is 12.8 Å². The highest BCUT2D eigenvalue weighted by molar-refractivity contribution is 6.02. The molecular weight excluding hydrogens is 260 g/mol. The summed E-state index contributed by atoms with van der Waals surface area (Å²) in [7, 11) is 0. The number of nitrogens with zero attached hydrogens (tertiary/aromatic N) is 1. The molecule has 0 unspecified atom stereocenters. The number of nitrogens with one attached hydrogen (secondary N) is 1. The average Bonchev–Trinajstić information content (AvgIpc) is 2.54. The standard InChI is InChI=1S/C18H16N2O/c21-18(9-8-14-10-12-19-13-11-14)20-17-7-3-5-15-4-1-2-6-16(15)17/h1-7,10-13H,8-9H2,(H,20,21). The maximum absolute atomic E-state index is 12.1. The molecule has 3 aromatic rings. The maximum atomic E-state index is 12.1. The summed E-state index contributed by atoms with van der Waals surface area (Å²) in [5.41, 5.74) is 1.99. The number of benzene rings is 2. The Balaban J connectivity index is 1.69. The normalized spacial score (nSPS) is 10.5. The topological polar surface area (TPSA) is 42.0 Å². The van der Waals surface area contributed by atoms with Gasteiger partial charge in [0, 0.05) is 29.9 Å². The van der Waals surface area contributed by atoms with E-state index >= 15 is 0 Å². The van der Waals surface area contributed by atoms with Crippen LogP contribution in [0.1, 0.15) is 12.0 Å². The van der Waals surface area contributed by atoms with Crippen molar-refractivity contribution in [2.24, 2.45) is 0 Å². The van der Waals surface area contributed by atoms with E-state index in [0.717, 1.165) is 28.4 Å². The highest BCUT2D eigenvalue weighted by atomic mass is 16.1. The molecule has 0 radical (unpaired) electrons. The van der Waals surface area contributed by atoms with Gasteiger partial charge in [0.25, 0.3) is 0 Å². The number of hydrogen-bond acceptors (Lipinski definition) is 2. The second-order valence-corrected chi connectivity index (χ2v) is 4.93. The van der Waals surface area contributed by atoms with Gasteiger partial charge in [-0.2, -0.15) is 0 Å². The van der Waals surface area contributed by atoms with Crippen molar-refractivity contribution in [3.63, 3.8) is 0 Å². The molecule has 3 nitrogen and oxygen atoms in total. The summed E-state index contributed by atoms with van der Waals surface area (Å²) in [5, 5.41) is 5.20. The van der Waals surface area contributed by atoms with Crippen LogP contribution in [0.15, 0.2) is 67.0 Å². The molecule has 0 bridgehead atoms. The van der Waals surface area contributed by atoms with Gasteiger partial charge in [-0.1, -0.05) is 36.4 Å². The van der Waals surface area contributed by atoms with Crippen LogP contribution in [-0.4, -0.2) is 10.9 Å². The SMILES string of the molecule is O=C(CCc1ccncc1)Nc1cccc2ccccc12. The minimum absolute atomic E-state index is 0.0307. The van der Waals surface area contributed by atoms with Crippen molar-refractivity contribution in [3.8, 4) is 0 Å². The van der Waals surface area contributed by atoms with E-state index in [4.69, 9.17) is 0 Å². The molecule has 3 rings (SSSR count). The van der Waals surface area contributed by atoms with E-state index in [0.29, 0.717) is 6.42 Å². The zero-order valence-corrected chi connectivity index (χ0v) is 11.6. The molecule has 0 aliphatic heterocycles. The van der Waals surface area contributed by atoms with Gasteiger partial charge in [0.05, 0.1) is 0 Å². The lowest BCUT2D eigenvalue weighted by atomic mass is 10.1. The summed E-state index contributed by atoms with van der Waals surface area (Å²) in [6, 6.07) is 17.9. The molecule has 2 aromatic carbocycles. The molecule has 21 heavy (non-hydrogen) atoms. The summed E-state index contributed by atoms with van der Waals surface area (Å²) in [6.45, 7) is 0. The van der Waals surface area contributed by atoms with Crippen LogP contribution in [0.2, 0.25) is 0 Å². The Kier molecular flexibility index (Phi) is 3.92. The lowest BCUT2D eigenvalue weighted by molar-refractivity contribution is -0.116. The van der Waals surface area contributed by atoms with Gasteiger partial charge in [0.2, 0.25) is 5.91 Å². The van der Waals surface area contributed by atoms with Gasteiger partial charge >= 0.3 is 0 Å². The summed E-state index contributed by atoms with van der Waals surface area (Å²) < 4.78 is 0. The summed E-state index contributed by atoms with van der Waals surface area (Å²) in [4.78, 5) is 16.1. The first-order valence-corrected chi connectivity index (χ1v) is 6.99. The number of pyridine rings is 1. The van der Waals surface area contributed by atoms with Crippen molar-refractivity contribution in [1.29, 1.82) is 0 Å². The fourth-order valence-corrected chi connectivity index (χ4v) is 2.35. The predicted molar refractivity (Wildman–Crippen MR) is 85.1 cm³/mol. The van der Waals surface area contributed by atoms with Gasteiger partial charge in [0.15, 0.2) is 0 Å². The Morgan fingerprint density at radius 2 is 1.71 bits per heavy atom. The Bertz CT molecular complexity index is 748. The van der Waals surface area contributed by atoms with Crippen LogP contribution < -0.4 is 5.32 Å². The summed E-state index contributed by atoms with van der Waals surface area (Å²) in [6.07, 6.45) is 4.68. The Labute approximate surface area is 123 Å². The Morgan fingerprint density at radius 3 is 2.57 bits per heavy atom. The van der Waals surface area contributed by atoms with Crippen LogP contribution in [0, 0.1) is 0 Å². The zero-order valence-electron chi connectivity index (χ0n) is 11.6. The highest BCUT2D eigenvalue weighted by Crippen LogP contribution is 2.23. The monoisotopic (exact) mass is 276 g/mol. The van der Waals surface area contributed by atoms with E-state index in [-0.39, 0.29) is 5.91 Å². The van der Waals surface area contributed by atoms with Gasteiger partial charge in [-0.15, -0.1) is 0 Å². The lowest BCUT2D eigenvalue weighted by Crippen LogP contribution is -2.12. The first-order chi connectivity index (χ1) is 10.3. The molecule has 0 spiro atoms. The molecule has 1 N–H and O–H groups in total. The van der Waals surface area contributed by atoms with Crippen LogP contribution in [0.3, 0.4) is 0 Å². The van der Waals surface area contributed by atoms with Crippen LogP contribution in [-0.2, 0) is 11.2 Å². The molecular formula is C18H16N2O. The molecule has 3 heteroatoms. The van der Waals surface area contributed by atoms with Crippen LogP contribution in [0.5, 0.6) is 0 Å². The largest absolute Gasteiger partial charge is 0.326 e. The maximum Gasteiger partial charge on any atom is 0.224 e. The number of rotatable bonds is 4. The zero-order chi connectivity index (χ0) is 14.5. The molecule has 0 atom stereocenters. The Hall–Kier alpha value is -2.68. The second-order valence-electron chi connectivity index (χ2n) is 4.93. The third kappa shape index (κ3) is 3.26. The minimum Gasteiger partial charge on any atom is -0.326 e. The van der Waals surface area contributed by atoms with E-state index in [2.05, 4.69) is 10.3 Å². The number of amides is 1. The van der Waals surface area contributed by atoms with Gasteiger partial charge in [-0.25, -0.2) is 0 Å².